The van der Waals surface area contributed by atoms with Crippen LogP contribution in [0.25, 0.3) is 0 Å². The molecule has 0 heterocycles. The van der Waals surface area contributed by atoms with E-state index in [-0.39, 0.29) is 11.5 Å². The Kier molecular flexibility index (Phi) is 2.44. The summed E-state index contributed by atoms with van der Waals surface area (Å²) in [4.78, 5) is 0. The van der Waals surface area contributed by atoms with Crippen LogP contribution in [-0.4, -0.2) is 12.6 Å². The number of hydrogen-bond donors (Lipinski definition) is 2. The fourth-order valence-electron chi connectivity index (χ4n) is 0.354. The van der Waals surface area contributed by atoms with Crippen molar-refractivity contribution < 1.29 is 0 Å². The van der Waals surface area contributed by atoms with Gasteiger partial charge in [-0.1, -0.05) is 20.8 Å². The van der Waals surface area contributed by atoms with Crippen molar-refractivity contribution in [3.63, 3.8) is 0 Å². The molecule has 0 aliphatic rings. The van der Waals surface area contributed by atoms with E-state index in [4.69, 9.17) is 11.5 Å². The first-order valence-corrected chi connectivity index (χ1v) is 2.94. The third kappa shape index (κ3) is 2.28. The van der Waals surface area contributed by atoms with Crippen LogP contribution in [0.4, 0.5) is 0 Å². The van der Waals surface area contributed by atoms with Gasteiger partial charge in [0, 0.05) is 12.6 Å². The number of nitrogens with two attached hydrogens (primary N) is 2. The van der Waals surface area contributed by atoms with Gasteiger partial charge in [-0.25, -0.2) is 0 Å². The quantitative estimate of drug-likeness (QED) is 0.518. The fourth-order valence-corrected chi connectivity index (χ4v) is 0.354. The summed E-state index contributed by atoms with van der Waals surface area (Å²) in [5, 5.41) is 0. The molecule has 0 aliphatic heterocycles. The largest absolute Gasteiger partial charge is 0.329 e. The lowest BCUT2D eigenvalue weighted by Gasteiger charge is -2.25. The second kappa shape index (κ2) is 2.46. The summed E-state index contributed by atoms with van der Waals surface area (Å²) in [6.45, 7) is 6.84. The monoisotopic (exact) mass is 116 g/mol. The molecule has 0 radical (unpaired) electrons. The normalized spacial score (nSPS) is 16.1. The van der Waals surface area contributed by atoms with Crippen LogP contribution in [0.5, 0.6) is 0 Å². The lowest BCUT2D eigenvalue weighted by Crippen LogP contribution is -2.41. The fraction of sp³-hybridized carbons (Fsp3) is 1.00. The summed E-state index contributed by atoms with van der Waals surface area (Å²) in [6, 6.07) is 0.127. The molecule has 0 aromatic heterocycles. The van der Waals surface area contributed by atoms with Gasteiger partial charge < -0.3 is 11.5 Å². The summed E-state index contributed by atoms with van der Waals surface area (Å²) >= 11 is 0. The van der Waals surface area contributed by atoms with Crippen LogP contribution in [0.15, 0.2) is 0 Å². The maximum absolute atomic E-state index is 5.62. The van der Waals surface area contributed by atoms with Crippen molar-refractivity contribution in [2.75, 3.05) is 6.54 Å². The molecule has 2 heteroatoms. The average molecular weight is 116 g/mol. The molecule has 0 unspecified atom stereocenters. The molecular weight excluding hydrogens is 100 g/mol. The van der Waals surface area contributed by atoms with Gasteiger partial charge in [0.05, 0.1) is 0 Å². The highest BCUT2D eigenvalue weighted by Crippen LogP contribution is 2.15. The van der Waals surface area contributed by atoms with E-state index in [0.717, 1.165) is 0 Å². The minimum Gasteiger partial charge on any atom is -0.329 e. The van der Waals surface area contributed by atoms with Gasteiger partial charge in [-0.2, -0.15) is 0 Å². The topological polar surface area (TPSA) is 52.0 Å². The smallest absolute Gasteiger partial charge is 0.0212 e. The zero-order valence-electron chi connectivity index (χ0n) is 5.94. The van der Waals surface area contributed by atoms with Crippen LogP contribution >= 0.6 is 0 Å². The van der Waals surface area contributed by atoms with E-state index in [1.54, 1.807) is 0 Å². The Labute approximate surface area is 51.2 Å². The Morgan fingerprint density at radius 2 is 1.75 bits per heavy atom. The third-order valence-corrected chi connectivity index (χ3v) is 1.37. The summed E-state index contributed by atoms with van der Waals surface area (Å²) < 4.78 is 0. The van der Waals surface area contributed by atoms with Gasteiger partial charge in [0.2, 0.25) is 0 Å². The van der Waals surface area contributed by atoms with Gasteiger partial charge in [0.1, 0.15) is 0 Å². The van der Waals surface area contributed by atoms with E-state index in [1.165, 1.54) is 0 Å². The molecule has 0 aromatic rings. The summed E-state index contributed by atoms with van der Waals surface area (Å²) in [6.07, 6.45) is 0. The van der Waals surface area contributed by atoms with Gasteiger partial charge >= 0.3 is 0 Å². The number of rotatable bonds is 1. The highest BCUT2D eigenvalue weighted by molar-refractivity contribution is 4.76. The van der Waals surface area contributed by atoms with E-state index in [0.29, 0.717) is 6.54 Å². The van der Waals surface area contributed by atoms with Crippen molar-refractivity contribution in [2.24, 2.45) is 16.9 Å². The molecule has 0 fully saturated rings. The standard InChI is InChI=1S/C6H16N2/c1-6(2,3)5(8)4-7/h5H,4,7-8H2,1-3H3/t5-/m0/s1. The molecule has 0 aliphatic carbocycles. The molecule has 0 bridgehead atoms. The maximum Gasteiger partial charge on any atom is 0.0212 e. The van der Waals surface area contributed by atoms with Gasteiger partial charge in [0.15, 0.2) is 0 Å². The van der Waals surface area contributed by atoms with Crippen LogP contribution in [0.1, 0.15) is 20.8 Å². The zero-order chi connectivity index (χ0) is 6.78. The van der Waals surface area contributed by atoms with E-state index >= 15 is 0 Å². The Morgan fingerprint density at radius 1 is 1.38 bits per heavy atom. The van der Waals surface area contributed by atoms with E-state index in [9.17, 15) is 0 Å². The van der Waals surface area contributed by atoms with Crippen LogP contribution in [0.2, 0.25) is 0 Å². The van der Waals surface area contributed by atoms with E-state index in [1.807, 2.05) is 0 Å². The maximum atomic E-state index is 5.62. The van der Waals surface area contributed by atoms with Crippen LogP contribution in [0.3, 0.4) is 0 Å². The lowest BCUT2D eigenvalue weighted by molar-refractivity contribution is 0.326. The molecule has 0 amide bonds. The van der Waals surface area contributed by atoms with Gasteiger partial charge in [-0.3, -0.25) is 0 Å². The Hall–Kier alpha value is -0.0800. The number of hydrogen-bond acceptors (Lipinski definition) is 2. The first kappa shape index (κ1) is 7.92. The van der Waals surface area contributed by atoms with Crippen molar-refractivity contribution in [1.29, 1.82) is 0 Å². The van der Waals surface area contributed by atoms with Crippen LogP contribution in [0, 0.1) is 5.41 Å². The molecule has 2 nitrogen and oxygen atoms in total. The Morgan fingerprint density at radius 3 is 1.75 bits per heavy atom. The second-order valence-electron chi connectivity index (χ2n) is 3.21. The predicted octanol–water partition coefficient (Wildman–Crippen LogP) is 0.319. The van der Waals surface area contributed by atoms with E-state index in [2.05, 4.69) is 20.8 Å². The summed E-state index contributed by atoms with van der Waals surface area (Å²) in [5.74, 6) is 0. The molecule has 0 rings (SSSR count). The predicted molar refractivity (Wildman–Crippen MR) is 36.5 cm³/mol. The molecule has 0 spiro atoms. The van der Waals surface area contributed by atoms with Crippen molar-refractivity contribution in [3.05, 3.63) is 0 Å². The van der Waals surface area contributed by atoms with Crippen molar-refractivity contribution >= 4 is 0 Å². The van der Waals surface area contributed by atoms with Crippen LogP contribution < -0.4 is 11.5 Å². The lowest BCUT2D eigenvalue weighted by atomic mass is 9.88. The highest BCUT2D eigenvalue weighted by atomic mass is 14.7. The first-order valence-electron chi connectivity index (χ1n) is 2.94. The molecule has 8 heavy (non-hydrogen) atoms. The van der Waals surface area contributed by atoms with Gasteiger partial charge in [-0.15, -0.1) is 0 Å². The zero-order valence-corrected chi connectivity index (χ0v) is 5.94. The van der Waals surface area contributed by atoms with Crippen molar-refractivity contribution in [1.82, 2.24) is 0 Å². The highest BCUT2D eigenvalue weighted by Gasteiger charge is 2.17. The van der Waals surface area contributed by atoms with Gasteiger partial charge in [-0.05, 0) is 5.41 Å². The Balaban J connectivity index is 3.62. The Bertz CT molecular complexity index is 63.4. The molecule has 0 saturated heterocycles. The molecule has 4 N–H and O–H groups in total. The molecule has 0 saturated carbocycles. The third-order valence-electron chi connectivity index (χ3n) is 1.37. The van der Waals surface area contributed by atoms with Crippen LogP contribution in [-0.2, 0) is 0 Å². The minimum atomic E-state index is 0.127. The summed E-state index contributed by atoms with van der Waals surface area (Å²) in [7, 11) is 0. The molecule has 50 valence electrons. The second-order valence-corrected chi connectivity index (χ2v) is 3.21. The van der Waals surface area contributed by atoms with E-state index < -0.39 is 0 Å². The average Bonchev–Trinajstić information content (AvgIpc) is 1.62. The van der Waals surface area contributed by atoms with Gasteiger partial charge in [0.25, 0.3) is 0 Å². The van der Waals surface area contributed by atoms with Crippen molar-refractivity contribution in [3.8, 4) is 0 Å². The minimum absolute atomic E-state index is 0.127. The SMILES string of the molecule is CC(C)(C)[C@@H](N)CN. The molecular formula is C6H16N2. The van der Waals surface area contributed by atoms with Crippen molar-refractivity contribution in [2.45, 2.75) is 26.8 Å². The summed E-state index contributed by atoms with van der Waals surface area (Å²) in [5.41, 5.74) is 11.1. The molecule has 0 aromatic carbocycles. The molecule has 1 atom stereocenters. The first-order chi connectivity index (χ1) is 3.48.